The van der Waals surface area contributed by atoms with E-state index in [1.807, 2.05) is 0 Å². The molecule has 0 fully saturated rings. The molecular weight excluding hydrogens is 657 g/mol. The van der Waals surface area contributed by atoms with Crippen molar-refractivity contribution in [3.05, 3.63) is 219 Å². The lowest BCUT2D eigenvalue weighted by Crippen LogP contribution is -2.81. The molecule has 0 atom stereocenters. The second kappa shape index (κ2) is 15.3. The average molecular weight is 698 g/mol. The highest BCUT2D eigenvalue weighted by atomic mass is 28.5. The molecule has 0 aromatic heterocycles. The zero-order valence-corrected chi connectivity index (χ0v) is 31.1. The summed E-state index contributed by atoms with van der Waals surface area (Å²) in [5, 5.41) is 8.12. The van der Waals surface area contributed by atoms with E-state index < -0.39 is 25.2 Å². The van der Waals surface area contributed by atoms with Gasteiger partial charge < -0.3 is 8.23 Å². The highest BCUT2D eigenvalue weighted by Gasteiger charge is 2.57. The lowest BCUT2D eigenvalue weighted by molar-refractivity contribution is 0.423. The predicted molar refractivity (Wildman–Crippen MR) is 217 cm³/mol. The minimum atomic E-state index is -3.67. The Morgan fingerprint density at radius 1 is 0.320 bits per heavy atom. The van der Waals surface area contributed by atoms with Gasteiger partial charge in [-0.05, 0) is 42.4 Å². The molecule has 5 heteroatoms. The van der Waals surface area contributed by atoms with Crippen LogP contribution in [0.25, 0.3) is 0 Å². The fourth-order valence-corrected chi connectivity index (χ4v) is 23.5. The molecule has 2 nitrogen and oxygen atoms in total. The van der Waals surface area contributed by atoms with E-state index in [1.165, 1.54) is 25.9 Å². The van der Waals surface area contributed by atoms with Crippen LogP contribution in [0.1, 0.15) is 6.42 Å². The van der Waals surface area contributed by atoms with Gasteiger partial charge in [-0.2, -0.15) is 0 Å². The summed E-state index contributed by atoms with van der Waals surface area (Å²) in [5.74, 6) is 0. The van der Waals surface area contributed by atoms with Crippen molar-refractivity contribution in [2.75, 3.05) is 0 Å². The SMILES string of the molecule is [CH2]CC[Si](O[Si](O[Si](c1ccccc1)(c1ccccc1)c1ccccc1)(c1ccccc1)c1ccccc1)(c1ccccc1)c1ccccc1. The molecule has 0 N–H and O–H groups in total. The summed E-state index contributed by atoms with van der Waals surface area (Å²) in [4.78, 5) is 0. The Kier molecular flexibility index (Phi) is 10.3. The van der Waals surface area contributed by atoms with Gasteiger partial charge in [-0.15, -0.1) is 0 Å². The van der Waals surface area contributed by atoms with Gasteiger partial charge in [0.25, 0.3) is 8.32 Å². The molecule has 0 amide bonds. The van der Waals surface area contributed by atoms with Crippen molar-refractivity contribution >= 4 is 61.5 Å². The maximum atomic E-state index is 8.47. The number of rotatable bonds is 13. The first-order chi connectivity index (χ1) is 24.7. The summed E-state index contributed by atoms with van der Waals surface area (Å²) in [6.45, 7) is 4.45. The summed E-state index contributed by atoms with van der Waals surface area (Å²) in [6.07, 6.45) is 0.725. The lowest BCUT2D eigenvalue weighted by atomic mass is 10.3. The Hall–Kier alpha value is -4.89. The maximum absolute atomic E-state index is 8.47. The van der Waals surface area contributed by atoms with Crippen LogP contribution in [0.15, 0.2) is 212 Å². The fraction of sp³-hybridized carbons (Fsp3) is 0.0444. The highest BCUT2D eigenvalue weighted by Crippen LogP contribution is 2.26. The molecule has 245 valence electrons. The molecule has 7 aromatic rings. The van der Waals surface area contributed by atoms with Crippen LogP contribution >= 0.6 is 0 Å². The van der Waals surface area contributed by atoms with E-state index in [1.54, 1.807) is 0 Å². The Labute approximate surface area is 300 Å². The monoisotopic (exact) mass is 697 g/mol. The zero-order valence-electron chi connectivity index (χ0n) is 28.1. The standard InChI is InChI=1S/C45H41O2Si3/c1-2-38-48(39-24-10-3-11-25-39,40-26-12-4-13-27-40)46-50(44-34-20-8-21-35-44,45-36-22-9-23-37-45)47-49(41-28-14-5-15-29-41,42-30-16-6-17-31-42)43-32-18-7-19-33-43/h3-37H,1-2,38H2. The van der Waals surface area contributed by atoms with Crippen LogP contribution in [-0.2, 0) is 8.23 Å². The highest BCUT2D eigenvalue weighted by molar-refractivity contribution is 7.15. The van der Waals surface area contributed by atoms with Crippen molar-refractivity contribution in [3.8, 4) is 0 Å². The Morgan fingerprint density at radius 2 is 0.580 bits per heavy atom. The molecule has 0 aliphatic heterocycles. The average Bonchev–Trinajstić information content (AvgIpc) is 3.21. The molecule has 0 bridgehead atoms. The van der Waals surface area contributed by atoms with Crippen molar-refractivity contribution in [3.63, 3.8) is 0 Å². The second-order valence-electron chi connectivity index (χ2n) is 12.5. The summed E-state index contributed by atoms with van der Waals surface area (Å²) < 4.78 is 16.9. The molecule has 7 aromatic carbocycles. The minimum Gasteiger partial charge on any atom is -0.422 e. The first kappa shape index (κ1) is 33.6. The summed E-state index contributed by atoms with van der Waals surface area (Å²) >= 11 is 0. The van der Waals surface area contributed by atoms with Crippen LogP contribution < -0.4 is 36.3 Å². The molecule has 0 aliphatic carbocycles. The van der Waals surface area contributed by atoms with Crippen LogP contribution in [0.3, 0.4) is 0 Å². The largest absolute Gasteiger partial charge is 0.422 e. The minimum absolute atomic E-state index is 0.725. The molecular formula is C45H41O2Si3. The van der Waals surface area contributed by atoms with Gasteiger partial charge in [-0.25, -0.2) is 0 Å². The molecule has 0 aliphatic rings. The van der Waals surface area contributed by atoms with Crippen LogP contribution in [0.2, 0.25) is 6.04 Å². The predicted octanol–water partition coefficient (Wildman–Crippen LogP) is 5.93. The third-order valence-electron chi connectivity index (χ3n) is 9.47. The Balaban J connectivity index is 1.62. The summed E-state index contributed by atoms with van der Waals surface area (Å²) in [7, 11) is -10.0. The summed E-state index contributed by atoms with van der Waals surface area (Å²) in [6, 6.07) is 76.6. The third-order valence-corrected chi connectivity index (χ3v) is 23.6. The first-order valence-corrected chi connectivity index (χ1v) is 23.1. The third kappa shape index (κ3) is 6.42. The zero-order chi connectivity index (χ0) is 34.1. The molecule has 0 spiro atoms. The normalized spacial score (nSPS) is 12.0. The van der Waals surface area contributed by atoms with E-state index in [-0.39, 0.29) is 0 Å². The van der Waals surface area contributed by atoms with Gasteiger partial charge in [0.2, 0.25) is 8.32 Å². The van der Waals surface area contributed by atoms with Crippen LogP contribution in [-0.4, -0.2) is 25.2 Å². The maximum Gasteiger partial charge on any atom is 0.387 e. The van der Waals surface area contributed by atoms with E-state index in [4.69, 9.17) is 8.23 Å². The smallest absolute Gasteiger partial charge is 0.387 e. The second-order valence-corrected chi connectivity index (χ2v) is 22.9. The van der Waals surface area contributed by atoms with Crippen molar-refractivity contribution in [2.45, 2.75) is 12.5 Å². The van der Waals surface area contributed by atoms with Gasteiger partial charge >= 0.3 is 8.56 Å². The summed E-state index contributed by atoms with van der Waals surface area (Å²) in [5.41, 5.74) is 0. The topological polar surface area (TPSA) is 18.5 Å². The van der Waals surface area contributed by atoms with Crippen LogP contribution in [0.4, 0.5) is 0 Å². The van der Waals surface area contributed by atoms with E-state index in [9.17, 15) is 0 Å². The molecule has 0 heterocycles. The van der Waals surface area contributed by atoms with Gasteiger partial charge in [-0.1, -0.05) is 226 Å². The fourth-order valence-electron chi connectivity index (χ4n) is 7.18. The molecule has 0 unspecified atom stereocenters. The van der Waals surface area contributed by atoms with Gasteiger partial charge in [-0.3, -0.25) is 0 Å². The lowest BCUT2D eigenvalue weighted by Gasteiger charge is -2.47. The van der Waals surface area contributed by atoms with Crippen molar-refractivity contribution < 1.29 is 8.23 Å². The molecule has 1 radical (unpaired) electrons. The number of hydrogen-bond acceptors (Lipinski definition) is 2. The van der Waals surface area contributed by atoms with Crippen molar-refractivity contribution in [1.29, 1.82) is 0 Å². The number of hydrogen-bond donors (Lipinski definition) is 0. The first-order valence-electron chi connectivity index (χ1n) is 17.3. The van der Waals surface area contributed by atoms with E-state index in [0.717, 1.165) is 22.8 Å². The molecule has 7 rings (SSSR count). The van der Waals surface area contributed by atoms with Gasteiger partial charge in [0.15, 0.2) is 0 Å². The van der Waals surface area contributed by atoms with Gasteiger partial charge in [0, 0.05) is 0 Å². The quantitative estimate of drug-likeness (QED) is 0.110. The van der Waals surface area contributed by atoms with E-state index >= 15 is 0 Å². The van der Waals surface area contributed by atoms with Gasteiger partial charge in [0.1, 0.15) is 0 Å². The van der Waals surface area contributed by atoms with Crippen LogP contribution in [0.5, 0.6) is 0 Å². The Morgan fingerprint density at radius 3 is 0.860 bits per heavy atom. The molecule has 50 heavy (non-hydrogen) atoms. The van der Waals surface area contributed by atoms with Gasteiger partial charge in [0.05, 0.1) is 0 Å². The van der Waals surface area contributed by atoms with Crippen molar-refractivity contribution in [1.82, 2.24) is 0 Å². The van der Waals surface area contributed by atoms with E-state index in [0.29, 0.717) is 0 Å². The number of benzene rings is 7. The molecule has 0 saturated carbocycles. The Bertz CT molecular complexity index is 1870. The van der Waals surface area contributed by atoms with Crippen molar-refractivity contribution in [2.24, 2.45) is 0 Å². The van der Waals surface area contributed by atoms with Crippen LogP contribution in [0, 0.1) is 6.92 Å². The van der Waals surface area contributed by atoms with E-state index in [2.05, 4.69) is 219 Å². The molecule has 0 saturated heterocycles.